The van der Waals surface area contributed by atoms with Gasteiger partial charge in [-0.25, -0.2) is 0 Å². The van der Waals surface area contributed by atoms with E-state index in [1.165, 1.54) is 4.31 Å². The van der Waals surface area contributed by atoms with Gasteiger partial charge in [-0.05, 0) is 18.8 Å². The standard InChI is InChI=1S/C11H22N2O4S/c1-10-3-2-4-13(8-10)18(14,15)12-7-11-9-16-5-6-17-11/h10-12H,2-9H2,1H3. The Hall–Kier alpha value is -0.210. The molecule has 0 aromatic rings. The average molecular weight is 278 g/mol. The van der Waals surface area contributed by atoms with Crippen LogP contribution in [0.3, 0.4) is 0 Å². The third kappa shape index (κ3) is 3.89. The first-order valence-electron chi connectivity index (χ1n) is 6.52. The topological polar surface area (TPSA) is 67.9 Å². The van der Waals surface area contributed by atoms with Gasteiger partial charge in [-0.3, -0.25) is 0 Å². The number of rotatable bonds is 4. The molecule has 18 heavy (non-hydrogen) atoms. The Kier molecular flexibility index (Phi) is 4.97. The Balaban J connectivity index is 1.82. The van der Waals surface area contributed by atoms with Crippen molar-refractivity contribution in [1.29, 1.82) is 0 Å². The summed E-state index contributed by atoms with van der Waals surface area (Å²) in [6.07, 6.45) is 1.87. The molecule has 0 aromatic carbocycles. The Bertz CT molecular complexity index is 354. The van der Waals surface area contributed by atoms with Crippen molar-refractivity contribution in [2.45, 2.75) is 25.9 Å². The Morgan fingerprint density at radius 1 is 1.39 bits per heavy atom. The molecule has 2 aliphatic heterocycles. The summed E-state index contributed by atoms with van der Waals surface area (Å²) in [5.74, 6) is 0.435. The van der Waals surface area contributed by atoms with Crippen molar-refractivity contribution in [3.8, 4) is 0 Å². The predicted octanol–water partition coefficient (Wildman–Crippen LogP) is -0.0319. The average Bonchev–Trinajstić information content (AvgIpc) is 2.38. The van der Waals surface area contributed by atoms with Crippen LogP contribution < -0.4 is 4.72 Å². The molecule has 2 atom stereocenters. The van der Waals surface area contributed by atoms with Crippen molar-refractivity contribution in [3.63, 3.8) is 0 Å². The lowest BCUT2D eigenvalue weighted by Crippen LogP contribution is -2.48. The molecule has 2 heterocycles. The summed E-state index contributed by atoms with van der Waals surface area (Å²) >= 11 is 0. The van der Waals surface area contributed by atoms with Gasteiger partial charge >= 0.3 is 0 Å². The number of nitrogens with zero attached hydrogens (tertiary/aromatic N) is 1. The SMILES string of the molecule is CC1CCCN(S(=O)(=O)NCC2COCCO2)C1. The van der Waals surface area contributed by atoms with Crippen molar-refractivity contribution in [2.24, 2.45) is 5.92 Å². The van der Waals surface area contributed by atoms with Crippen molar-refractivity contribution in [1.82, 2.24) is 9.03 Å². The molecule has 2 saturated heterocycles. The summed E-state index contributed by atoms with van der Waals surface area (Å²) < 4.78 is 39.0. The highest BCUT2D eigenvalue weighted by Crippen LogP contribution is 2.17. The van der Waals surface area contributed by atoms with Gasteiger partial charge < -0.3 is 9.47 Å². The first-order valence-corrected chi connectivity index (χ1v) is 7.96. The monoisotopic (exact) mass is 278 g/mol. The van der Waals surface area contributed by atoms with E-state index in [0.29, 0.717) is 38.8 Å². The number of hydrogen-bond donors (Lipinski definition) is 1. The van der Waals surface area contributed by atoms with E-state index in [2.05, 4.69) is 11.6 Å². The van der Waals surface area contributed by atoms with Gasteiger partial charge in [0.15, 0.2) is 0 Å². The Labute approximate surface area is 109 Å². The van der Waals surface area contributed by atoms with Gasteiger partial charge in [0.1, 0.15) is 0 Å². The van der Waals surface area contributed by atoms with E-state index >= 15 is 0 Å². The zero-order valence-electron chi connectivity index (χ0n) is 10.8. The molecule has 0 aliphatic carbocycles. The largest absolute Gasteiger partial charge is 0.376 e. The van der Waals surface area contributed by atoms with Crippen LogP contribution in [0.2, 0.25) is 0 Å². The minimum atomic E-state index is -3.37. The van der Waals surface area contributed by atoms with Crippen LogP contribution in [0.5, 0.6) is 0 Å². The van der Waals surface area contributed by atoms with E-state index in [0.717, 1.165) is 12.8 Å². The molecule has 6 nitrogen and oxygen atoms in total. The van der Waals surface area contributed by atoms with Gasteiger partial charge in [0.05, 0.1) is 25.9 Å². The highest BCUT2D eigenvalue weighted by Gasteiger charge is 2.27. The van der Waals surface area contributed by atoms with Crippen LogP contribution in [0.25, 0.3) is 0 Å². The quantitative estimate of drug-likeness (QED) is 0.784. The van der Waals surface area contributed by atoms with E-state index in [4.69, 9.17) is 9.47 Å². The van der Waals surface area contributed by atoms with Crippen LogP contribution in [0.4, 0.5) is 0 Å². The lowest BCUT2D eigenvalue weighted by atomic mass is 10.0. The third-order valence-corrected chi connectivity index (χ3v) is 4.88. The van der Waals surface area contributed by atoms with Crippen LogP contribution in [-0.2, 0) is 19.7 Å². The molecule has 7 heteroatoms. The number of ether oxygens (including phenoxy) is 2. The molecular formula is C11H22N2O4S. The second-order valence-electron chi connectivity index (χ2n) is 5.03. The molecule has 106 valence electrons. The minimum absolute atomic E-state index is 0.171. The van der Waals surface area contributed by atoms with Gasteiger partial charge in [-0.15, -0.1) is 0 Å². The number of nitrogens with one attached hydrogen (secondary N) is 1. The molecule has 0 aromatic heterocycles. The van der Waals surface area contributed by atoms with Crippen LogP contribution >= 0.6 is 0 Å². The van der Waals surface area contributed by atoms with Crippen LogP contribution in [-0.4, -0.2) is 58.3 Å². The van der Waals surface area contributed by atoms with Gasteiger partial charge in [0.25, 0.3) is 10.2 Å². The molecule has 0 saturated carbocycles. The summed E-state index contributed by atoms with van der Waals surface area (Å²) in [4.78, 5) is 0. The van der Waals surface area contributed by atoms with Crippen LogP contribution in [0, 0.1) is 5.92 Å². The lowest BCUT2D eigenvalue weighted by molar-refractivity contribution is -0.0847. The molecule has 2 aliphatic rings. The molecule has 2 fully saturated rings. The van der Waals surface area contributed by atoms with Gasteiger partial charge in [-0.1, -0.05) is 6.92 Å². The van der Waals surface area contributed by atoms with Crippen LogP contribution in [0.15, 0.2) is 0 Å². The number of hydrogen-bond acceptors (Lipinski definition) is 4. The second-order valence-corrected chi connectivity index (χ2v) is 6.78. The van der Waals surface area contributed by atoms with Gasteiger partial charge in [0.2, 0.25) is 0 Å². The lowest BCUT2D eigenvalue weighted by Gasteiger charge is -2.31. The Morgan fingerprint density at radius 2 is 2.22 bits per heavy atom. The van der Waals surface area contributed by atoms with E-state index in [9.17, 15) is 8.42 Å². The van der Waals surface area contributed by atoms with E-state index in [1.807, 2.05) is 0 Å². The van der Waals surface area contributed by atoms with Crippen molar-refractivity contribution in [2.75, 3.05) is 39.5 Å². The molecular weight excluding hydrogens is 256 g/mol. The molecule has 2 rings (SSSR count). The summed E-state index contributed by atoms with van der Waals surface area (Å²) in [6, 6.07) is 0. The molecule has 0 radical (unpaired) electrons. The predicted molar refractivity (Wildman–Crippen MR) is 67.5 cm³/mol. The molecule has 0 amide bonds. The zero-order chi connectivity index (χ0) is 13.0. The maximum absolute atomic E-state index is 12.1. The van der Waals surface area contributed by atoms with Crippen LogP contribution in [0.1, 0.15) is 19.8 Å². The smallest absolute Gasteiger partial charge is 0.279 e. The second kappa shape index (κ2) is 6.29. The molecule has 2 unspecified atom stereocenters. The summed E-state index contributed by atoms with van der Waals surface area (Å²) in [6.45, 7) is 5.17. The van der Waals surface area contributed by atoms with E-state index in [-0.39, 0.29) is 12.6 Å². The maximum Gasteiger partial charge on any atom is 0.279 e. The molecule has 0 spiro atoms. The van der Waals surface area contributed by atoms with E-state index < -0.39 is 10.2 Å². The maximum atomic E-state index is 12.1. The molecule has 0 bridgehead atoms. The summed E-state index contributed by atoms with van der Waals surface area (Å²) in [7, 11) is -3.37. The highest BCUT2D eigenvalue weighted by molar-refractivity contribution is 7.87. The molecule has 1 N–H and O–H groups in total. The Morgan fingerprint density at radius 3 is 2.89 bits per heavy atom. The first-order chi connectivity index (χ1) is 8.58. The first kappa shape index (κ1) is 14.2. The number of piperidine rings is 1. The summed E-state index contributed by atoms with van der Waals surface area (Å²) in [5, 5.41) is 0. The van der Waals surface area contributed by atoms with Gasteiger partial charge in [0, 0.05) is 19.6 Å². The van der Waals surface area contributed by atoms with E-state index in [1.54, 1.807) is 0 Å². The van der Waals surface area contributed by atoms with Gasteiger partial charge in [-0.2, -0.15) is 17.4 Å². The minimum Gasteiger partial charge on any atom is -0.376 e. The fraction of sp³-hybridized carbons (Fsp3) is 1.00. The summed E-state index contributed by atoms with van der Waals surface area (Å²) in [5.41, 5.74) is 0. The fourth-order valence-electron chi connectivity index (χ4n) is 2.31. The zero-order valence-corrected chi connectivity index (χ0v) is 11.6. The van der Waals surface area contributed by atoms with Crippen molar-refractivity contribution < 1.29 is 17.9 Å². The van der Waals surface area contributed by atoms with Crippen molar-refractivity contribution >= 4 is 10.2 Å². The van der Waals surface area contributed by atoms with Crippen molar-refractivity contribution in [3.05, 3.63) is 0 Å². The highest BCUT2D eigenvalue weighted by atomic mass is 32.2. The normalized spacial score (nSPS) is 31.4. The fourth-order valence-corrected chi connectivity index (χ4v) is 3.71. The third-order valence-electron chi connectivity index (χ3n) is 3.34.